The predicted octanol–water partition coefficient (Wildman–Crippen LogP) is 2.71. The highest BCUT2D eigenvalue weighted by atomic mass is 79.9. The lowest BCUT2D eigenvalue weighted by Crippen LogP contribution is -2.29. The van der Waals surface area contributed by atoms with Gasteiger partial charge in [-0.05, 0) is 30.7 Å². The van der Waals surface area contributed by atoms with Gasteiger partial charge in [-0.15, -0.1) is 0 Å². The number of carboxylic acid groups (broad SMARTS) is 1. The van der Waals surface area contributed by atoms with Crippen LogP contribution >= 0.6 is 15.9 Å². The Bertz CT molecular complexity index is 384. The van der Waals surface area contributed by atoms with Gasteiger partial charge >= 0.3 is 5.97 Å². The number of halogens is 2. The van der Waals surface area contributed by atoms with E-state index in [1.165, 1.54) is 18.2 Å². The van der Waals surface area contributed by atoms with E-state index in [1.54, 1.807) is 0 Å². The lowest BCUT2D eigenvalue weighted by Gasteiger charge is -2.15. The molecule has 1 aromatic carbocycles. The Labute approximate surface area is 102 Å². The van der Waals surface area contributed by atoms with Crippen LogP contribution in [-0.4, -0.2) is 17.6 Å². The highest BCUT2D eigenvalue weighted by Gasteiger charge is 2.21. The number of carbonyl (C=O) groups is 1. The minimum absolute atomic E-state index is 0.393. The molecule has 1 rings (SSSR count). The monoisotopic (exact) mass is 289 g/mol. The molecule has 5 heteroatoms. The second kappa shape index (κ2) is 5.96. The first-order valence-electron chi connectivity index (χ1n) is 4.97. The van der Waals surface area contributed by atoms with Crippen molar-refractivity contribution in [1.29, 1.82) is 0 Å². The molecule has 16 heavy (non-hydrogen) atoms. The molecule has 0 spiro atoms. The van der Waals surface area contributed by atoms with Gasteiger partial charge in [-0.25, -0.2) is 4.39 Å². The zero-order chi connectivity index (χ0) is 12.1. The maximum atomic E-state index is 12.9. The maximum Gasteiger partial charge on any atom is 0.325 e. The van der Waals surface area contributed by atoms with Gasteiger partial charge in [0.25, 0.3) is 0 Å². The van der Waals surface area contributed by atoms with Crippen LogP contribution < -0.4 is 5.32 Å². The van der Waals surface area contributed by atoms with Crippen molar-refractivity contribution in [2.75, 3.05) is 6.54 Å². The zero-order valence-electron chi connectivity index (χ0n) is 8.84. The Hall–Kier alpha value is -0.940. The standard InChI is InChI=1S/C11H13BrFNO2/c1-2-5-14-10(11(15)16)8-4-3-7(13)6-9(8)12/h3-4,6,10,14H,2,5H2,1H3,(H,15,16). The number of hydrogen-bond donors (Lipinski definition) is 2. The van der Waals surface area contributed by atoms with Gasteiger partial charge in [0.2, 0.25) is 0 Å². The molecule has 0 radical (unpaired) electrons. The molecular formula is C11H13BrFNO2. The molecule has 3 nitrogen and oxygen atoms in total. The van der Waals surface area contributed by atoms with Crippen LogP contribution in [0, 0.1) is 5.82 Å². The summed E-state index contributed by atoms with van der Waals surface area (Å²) in [5.74, 6) is -1.36. The number of aliphatic carboxylic acids is 1. The van der Waals surface area contributed by atoms with Gasteiger partial charge in [-0.1, -0.05) is 28.9 Å². The van der Waals surface area contributed by atoms with Crippen LogP contribution in [-0.2, 0) is 4.79 Å². The van der Waals surface area contributed by atoms with Crippen LogP contribution in [0.4, 0.5) is 4.39 Å². The summed E-state index contributed by atoms with van der Waals surface area (Å²) in [5, 5.41) is 12.0. The molecule has 88 valence electrons. The smallest absolute Gasteiger partial charge is 0.325 e. The van der Waals surface area contributed by atoms with E-state index >= 15 is 0 Å². The molecule has 0 aromatic heterocycles. The van der Waals surface area contributed by atoms with Gasteiger partial charge in [0.15, 0.2) is 0 Å². The average molecular weight is 290 g/mol. The Kier molecular flexibility index (Phi) is 4.89. The van der Waals surface area contributed by atoms with Crippen LogP contribution in [0.5, 0.6) is 0 Å². The summed E-state index contributed by atoms with van der Waals surface area (Å²) in [4.78, 5) is 11.1. The average Bonchev–Trinajstić information content (AvgIpc) is 2.20. The summed E-state index contributed by atoms with van der Waals surface area (Å²) < 4.78 is 13.3. The fraction of sp³-hybridized carbons (Fsp3) is 0.364. The minimum atomic E-state index is -0.972. The van der Waals surface area contributed by atoms with Gasteiger partial charge in [-0.2, -0.15) is 0 Å². The molecule has 2 N–H and O–H groups in total. The summed E-state index contributed by atoms with van der Waals surface area (Å²) in [7, 11) is 0. The number of rotatable bonds is 5. The van der Waals surface area contributed by atoms with Gasteiger partial charge in [0, 0.05) is 4.47 Å². The molecule has 0 heterocycles. The molecule has 1 aromatic rings. The van der Waals surface area contributed by atoms with Gasteiger partial charge < -0.3 is 10.4 Å². The minimum Gasteiger partial charge on any atom is -0.480 e. The molecule has 0 aliphatic carbocycles. The first kappa shape index (κ1) is 13.1. The van der Waals surface area contributed by atoms with Crippen molar-refractivity contribution < 1.29 is 14.3 Å². The van der Waals surface area contributed by atoms with Crippen molar-refractivity contribution >= 4 is 21.9 Å². The topological polar surface area (TPSA) is 49.3 Å². The Balaban J connectivity index is 2.96. The van der Waals surface area contributed by atoms with E-state index in [2.05, 4.69) is 21.2 Å². The number of benzene rings is 1. The van der Waals surface area contributed by atoms with E-state index in [1.807, 2.05) is 6.92 Å². The highest BCUT2D eigenvalue weighted by Crippen LogP contribution is 2.24. The molecule has 1 atom stereocenters. The van der Waals surface area contributed by atoms with Crippen LogP contribution in [0.15, 0.2) is 22.7 Å². The summed E-state index contributed by atoms with van der Waals surface area (Å²) in [6.07, 6.45) is 0.836. The van der Waals surface area contributed by atoms with Crippen LogP contribution in [0.3, 0.4) is 0 Å². The van der Waals surface area contributed by atoms with E-state index < -0.39 is 17.8 Å². The van der Waals surface area contributed by atoms with Crippen molar-refractivity contribution in [3.63, 3.8) is 0 Å². The lowest BCUT2D eigenvalue weighted by molar-refractivity contribution is -0.139. The fourth-order valence-corrected chi connectivity index (χ4v) is 1.93. The van der Waals surface area contributed by atoms with Crippen molar-refractivity contribution in [3.8, 4) is 0 Å². The fourth-order valence-electron chi connectivity index (χ4n) is 1.35. The quantitative estimate of drug-likeness (QED) is 0.876. The summed E-state index contributed by atoms with van der Waals surface area (Å²) in [6, 6.07) is 3.18. The van der Waals surface area contributed by atoms with Crippen molar-refractivity contribution in [3.05, 3.63) is 34.1 Å². The molecule has 0 saturated heterocycles. The molecule has 1 unspecified atom stereocenters. The van der Waals surface area contributed by atoms with E-state index in [0.29, 0.717) is 16.6 Å². The normalized spacial score (nSPS) is 12.4. The Morgan fingerprint density at radius 1 is 1.62 bits per heavy atom. The molecule has 0 aliphatic rings. The molecule has 0 aliphatic heterocycles. The number of nitrogens with one attached hydrogen (secondary N) is 1. The molecule has 0 amide bonds. The number of hydrogen-bond acceptors (Lipinski definition) is 2. The third-order valence-electron chi connectivity index (χ3n) is 2.12. The molecule has 0 bridgehead atoms. The third-order valence-corrected chi connectivity index (χ3v) is 2.81. The second-order valence-corrected chi connectivity index (χ2v) is 4.25. The SMILES string of the molecule is CCCNC(C(=O)O)c1ccc(F)cc1Br. The first-order chi connectivity index (χ1) is 7.56. The molecular weight excluding hydrogens is 277 g/mol. The van der Waals surface area contributed by atoms with Gasteiger partial charge in [0.1, 0.15) is 11.9 Å². The van der Waals surface area contributed by atoms with E-state index in [0.717, 1.165) is 6.42 Å². The first-order valence-corrected chi connectivity index (χ1v) is 5.76. The third kappa shape index (κ3) is 3.28. The summed E-state index contributed by atoms with van der Waals surface area (Å²) >= 11 is 3.16. The van der Waals surface area contributed by atoms with E-state index in [-0.39, 0.29) is 0 Å². The lowest BCUT2D eigenvalue weighted by atomic mass is 10.1. The van der Waals surface area contributed by atoms with E-state index in [4.69, 9.17) is 5.11 Å². The van der Waals surface area contributed by atoms with Crippen molar-refractivity contribution in [2.24, 2.45) is 0 Å². The largest absolute Gasteiger partial charge is 0.480 e. The number of carboxylic acids is 1. The van der Waals surface area contributed by atoms with Crippen LogP contribution in [0.25, 0.3) is 0 Å². The van der Waals surface area contributed by atoms with Gasteiger partial charge in [0.05, 0.1) is 0 Å². The van der Waals surface area contributed by atoms with Gasteiger partial charge in [-0.3, -0.25) is 4.79 Å². The Morgan fingerprint density at radius 3 is 2.81 bits per heavy atom. The second-order valence-electron chi connectivity index (χ2n) is 3.39. The highest BCUT2D eigenvalue weighted by molar-refractivity contribution is 9.10. The van der Waals surface area contributed by atoms with Crippen molar-refractivity contribution in [2.45, 2.75) is 19.4 Å². The van der Waals surface area contributed by atoms with Crippen LogP contribution in [0.1, 0.15) is 24.9 Å². The maximum absolute atomic E-state index is 12.9. The molecule has 0 fully saturated rings. The molecule has 0 saturated carbocycles. The van der Waals surface area contributed by atoms with Crippen molar-refractivity contribution in [1.82, 2.24) is 5.32 Å². The van der Waals surface area contributed by atoms with Crippen LogP contribution in [0.2, 0.25) is 0 Å². The van der Waals surface area contributed by atoms with E-state index in [9.17, 15) is 9.18 Å². The zero-order valence-corrected chi connectivity index (χ0v) is 10.4. The Morgan fingerprint density at radius 2 is 2.31 bits per heavy atom. The predicted molar refractivity (Wildman–Crippen MR) is 62.8 cm³/mol. The summed E-state index contributed by atoms with van der Waals surface area (Å²) in [6.45, 7) is 2.55. The summed E-state index contributed by atoms with van der Waals surface area (Å²) in [5.41, 5.74) is 0.530.